The summed E-state index contributed by atoms with van der Waals surface area (Å²) in [5.41, 5.74) is 1.45. The summed E-state index contributed by atoms with van der Waals surface area (Å²) in [7, 11) is 3.63. The maximum absolute atomic E-state index is 12.6. The molecule has 0 amide bonds. The molecule has 1 atom stereocenters. The summed E-state index contributed by atoms with van der Waals surface area (Å²) in [5.74, 6) is 1.20. The van der Waals surface area contributed by atoms with Gasteiger partial charge in [-0.15, -0.1) is 0 Å². The van der Waals surface area contributed by atoms with Crippen molar-refractivity contribution in [3.63, 3.8) is 0 Å². The van der Waals surface area contributed by atoms with Gasteiger partial charge in [0.1, 0.15) is 11.2 Å². The van der Waals surface area contributed by atoms with Crippen molar-refractivity contribution < 1.29 is 17.9 Å². The van der Waals surface area contributed by atoms with E-state index in [1.54, 1.807) is 7.11 Å². The predicted octanol–water partition coefficient (Wildman–Crippen LogP) is 2.92. The standard InChI is InChI=1S/C18H19F3N6O/c1-26-12(10-28-2)9-27-6-5-13-15(27)16(26)25-17(24-13)23-8-11-3-4-14(22-7-11)18(19,20)21/h3-7,12H,8-10H2,1-2H3,(H,23,24,25)/t12-/m1/s1. The molecule has 1 aliphatic rings. The molecule has 3 aromatic rings. The molecule has 0 unspecified atom stereocenters. The van der Waals surface area contributed by atoms with Crippen molar-refractivity contribution >= 4 is 22.8 Å². The molecule has 0 aliphatic carbocycles. The van der Waals surface area contributed by atoms with E-state index in [0.717, 1.165) is 29.5 Å². The lowest BCUT2D eigenvalue weighted by molar-refractivity contribution is -0.141. The zero-order valence-corrected chi connectivity index (χ0v) is 15.4. The monoisotopic (exact) mass is 392 g/mol. The van der Waals surface area contributed by atoms with Gasteiger partial charge in [0.15, 0.2) is 5.82 Å². The van der Waals surface area contributed by atoms with Gasteiger partial charge in [0.2, 0.25) is 5.95 Å². The Balaban J connectivity index is 1.56. The molecule has 0 fully saturated rings. The lowest BCUT2D eigenvalue weighted by atomic mass is 10.2. The first-order valence-corrected chi connectivity index (χ1v) is 8.71. The quantitative estimate of drug-likeness (QED) is 0.720. The Morgan fingerprint density at radius 1 is 1.25 bits per heavy atom. The molecule has 3 aromatic heterocycles. The third-order valence-electron chi connectivity index (χ3n) is 4.81. The smallest absolute Gasteiger partial charge is 0.382 e. The SMILES string of the molecule is COC[C@H]1Cn2ccc3nc(NCc4ccc(C(F)(F)F)nc4)nc(c32)N1C. The molecular weight excluding hydrogens is 373 g/mol. The van der Waals surface area contributed by atoms with Crippen molar-refractivity contribution in [2.45, 2.75) is 25.3 Å². The van der Waals surface area contributed by atoms with Crippen LogP contribution >= 0.6 is 0 Å². The van der Waals surface area contributed by atoms with Crippen molar-refractivity contribution in [3.05, 3.63) is 41.9 Å². The van der Waals surface area contributed by atoms with Crippen LogP contribution in [0.3, 0.4) is 0 Å². The zero-order chi connectivity index (χ0) is 19.9. The van der Waals surface area contributed by atoms with Crippen molar-refractivity contribution in [2.24, 2.45) is 0 Å². The summed E-state index contributed by atoms with van der Waals surface area (Å²) in [5, 5.41) is 3.08. The Morgan fingerprint density at radius 2 is 2.07 bits per heavy atom. The average molecular weight is 392 g/mol. The predicted molar refractivity (Wildman–Crippen MR) is 98.2 cm³/mol. The van der Waals surface area contributed by atoms with Gasteiger partial charge in [-0.3, -0.25) is 4.98 Å². The molecule has 0 radical (unpaired) electrons. The number of anilines is 2. The molecule has 28 heavy (non-hydrogen) atoms. The lowest BCUT2D eigenvalue weighted by Crippen LogP contribution is -2.42. The average Bonchev–Trinajstić information content (AvgIpc) is 3.07. The molecule has 148 valence electrons. The number of halogens is 3. The number of aromatic nitrogens is 4. The van der Waals surface area contributed by atoms with Gasteiger partial charge < -0.3 is 19.5 Å². The van der Waals surface area contributed by atoms with Crippen LogP contribution in [0.4, 0.5) is 24.9 Å². The van der Waals surface area contributed by atoms with Crippen molar-refractivity contribution in [1.29, 1.82) is 0 Å². The Morgan fingerprint density at radius 3 is 2.75 bits per heavy atom. The van der Waals surface area contributed by atoms with E-state index >= 15 is 0 Å². The highest BCUT2D eigenvalue weighted by Gasteiger charge is 2.32. The van der Waals surface area contributed by atoms with E-state index in [9.17, 15) is 13.2 Å². The number of rotatable bonds is 5. The third kappa shape index (κ3) is 3.35. The highest BCUT2D eigenvalue weighted by molar-refractivity contribution is 5.89. The van der Waals surface area contributed by atoms with E-state index in [0.29, 0.717) is 18.1 Å². The number of alkyl halides is 3. The first-order chi connectivity index (χ1) is 13.4. The summed E-state index contributed by atoms with van der Waals surface area (Å²) >= 11 is 0. The summed E-state index contributed by atoms with van der Waals surface area (Å²) in [6.07, 6.45) is -1.27. The van der Waals surface area contributed by atoms with Crippen LogP contribution < -0.4 is 10.2 Å². The maximum Gasteiger partial charge on any atom is 0.433 e. The molecule has 0 saturated carbocycles. The fourth-order valence-corrected chi connectivity index (χ4v) is 3.32. The molecule has 0 spiro atoms. The second kappa shape index (κ2) is 6.93. The number of pyridine rings is 1. The molecule has 7 nitrogen and oxygen atoms in total. The summed E-state index contributed by atoms with van der Waals surface area (Å²) < 4.78 is 45.3. The molecule has 0 aromatic carbocycles. The van der Waals surface area contributed by atoms with Crippen molar-refractivity contribution in [3.8, 4) is 0 Å². The largest absolute Gasteiger partial charge is 0.433 e. The normalized spacial score (nSPS) is 16.6. The second-order valence-corrected chi connectivity index (χ2v) is 6.70. The summed E-state index contributed by atoms with van der Waals surface area (Å²) in [6.45, 7) is 1.62. The summed E-state index contributed by atoms with van der Waals surface area (Å²) in [4.78, 5) is 14.7. The van der Waals surface area contributed by atoms with Crippen molar-refractivity contribution in [2.75, 3.05) is 31.0 Å². The number of hydrogen-bond donors (Lipinski definition) is 1. The first-order valence-electron chi connectivity index (χ1n) is 8.71. The first kappa shape index (κ1) is 18.5. The maximum atomic E-state index is 12.6. The van der Waals surface area contributed by atoms with Crippen LogP contribution in [-0.2, 0) is 24.0 Å². The van der Waals surface area contributed by atoms with Gasteiger partial charge in [-0.2, -0.15) is 18.2 Å². The van der Waals surface area contributed by atoms with E-state index in [4.69, 9.17) is 4.74 Å². The minimum absolute atomic E-state index is 0.148. The highest BCUT2D eigenvalue weighted by atomic mass is 19.4. The Hall–Kier alpha value is -2.88. The second-order valence-electron chi connectivity index (χ2n) is 6.70. The lowest BCUT2D eigenvalue weighted by Gasteiger charge is -2.34. The van der Waals surface area contributed by atoms with E-state index in [2.05, 4.69) is 29.7 Å². The number of hydrogen-bond acceptors (Lipinski definition) is 6. The van der Waals surface area contributed by atoms with E-state index in [-0.39, 0.29) is 12.6 Å². The van der Waals surface area contributed by atoms with Crippen LogP contribution in [-0.4, -0.2) is 46.3 Å². The minimum atomic E-state index is -4.45. The Bertz CT molecular complexity index is 985. The van der Waals surface area contributed by atoms with Gasteiger partial charge in [0.05, 0.1) is 18.2 Å². The van der Waals surface area contributed by atoms with Gasteiger partial charge >= 0.3 is 6.18 Å². The van der Waals surface area contributed by atoms with Gasteiger partial charge in [0, 0.05) is 39.6 Å². The van der Waals surface area contributed by atoms with Crippen LogP contribution in [0.2, 0.25) is 0 Å². The molecular formula is C18H19F3N6O. The molecule has 0 bridgehead atoms. The van der Waals surface area contributed by atoms with Gasteiger partial charge in [-0.1, -0.05) is 6.07 Å². The van der Waals surface area contributed by atoms with Crippen LogP contribution in [0.1, 0.15) is 11.3 Å². The zero-order valence-electron chi connectivity index (χ0n) is 15.4. The number of likely N-dealkylation sites (N-methyl/N-ethyl adjacent to an activating group) is 1. The Labute approximate surface area is 159 Å². The van der Waals surface area contributed by atoms with E-state index in [1.807, 2.05) is 19.3 Å². The molecule has 10 heteroatoms. The molecule has 1 aliphatic heterocycles. The van der Waals surface area contributed by atoms with Gasteiger partial charge in [0.25, 0.3) is 0 Å². The molecule has 1 N–H and O–H groups in total. The number of methoxy groups -OCH3 is 1. The van der Waals surface area contributed by atoms with E-state index < -0.39 is 11.9 Å². The molecule has 4 heterocycles. The minimum Gasteiger partial charge on any atom is -0.382 e. The van der Waals surface area contributed by atoms with Gasteiger partial charge in [-0.25, -0.2) is 4.98 Å². The highest BCUT2D eigenvalue weighted by Crippen LogP contribution is 2.31. The van der Waals surface area contributed by atoms with Crippen LogP contribution in [0, 0.1) is 0 Å². The Kier molecular flexibility index (Phi) is 4.58. The fourth-order valence-electron chi connectivity index (χ4n) is 3.32. The van der Waals surface area contributed by atoms with Crippen LogP contribution in [0.5, 0.6) is 0 Å². The number of nitrogens with one attached hydrogen (secondary N) is 1. The molecule has 0 saturated heterocycles. The number of ether oxygens (including phenoxy) is 1. The topological polar surface area (TPSA) is 68.1 Å². The van der Waals surface area contributed by atoms with E-state index in [1.165, 1.54) is 12.3 Å². The number of nitrogens with zero attached hydrogens (tertiary/aromatic N) is 5. The van der Waals surface area contributed by atoms with Crippen molar-refractivity contribution in [1.82, 2.24) is 19.5 Å². The van der Waals surface area contributed by atoms with Crippen LogP contribution in [0.15, 0.2) is 30.6 Å². The summed E-state index contributed by atoms with van der Waals surface area (Å²) in [6, 6.07) is 4.43. The van der Waals surface area contributed by atoms with Crippen LogP contribution in [0.25, 0.3) is 11.0 Å². The molecule has 4 rings (SSSR count). The third-order valence-corrected chi connectivity index (χ3v) is 4.81. The van der Waals surface area contributed by atoms with Gasteiger partial charge in [-0.05, 0) is 17.7 Å². The fraction of sp³-hybridized carbons (Fsp3) is 0.389.